The Balaban J connectivity index is 1.56. The molecule has 1 fully saturated rings. The number of aromatic nitrogens is 1. The number of thiophene rings is 1. The molecule has 28 heavy (non-hydrogen) atoms. The third kappa shape index (κ3) is 3.68. The van der Waals surface area contributed by atoms with Gasteiger partial charge in [0.15, 0.2) is 0 Å². The number of oxazole rings is 1. The second kappa shape index (κ2) is 8.16. The second-order valence-electron chi connectivity index (χ2n) is 6.76. The van der Waals surface area contributed by atoms with E-state index in [-0.39, 0.29) is 18.4 Å². The molecule has 3 heterocycles. The number of methoxy groups -OCH3 is 1. The first kappa shape index (κ1) is 18.7. The maximum absolute atomic E-state index is 13.2. The fraction of sp³-hybridized carbons (Fsp3) is 0.333. The van der Waals surface area contributed by atoms with Crippen molar-refractivity contribution in [3.8, 4) is 17.2 Å². The van der Waals surface area contributed by atoms with Gasteiger partial charge in [-0.3, -0.25) is 4.79 Å². The molecule has 0 radical (unpaired) electrons. The van der Waals surface area contributed by atoms with Crippen molar-refractivity contribution in [2.24, 2.45) is 0 Å². The minimum Gasteiger partial charge on any atom is -0.496 e. The first-order valence-corrected chi connectivity index (χ1v) is 10.2. The number of nitrogens with one attached hydrogen (secondary N) is 1. The fourth-order valence-corrected chi connectivity index (χ4v) is 4.20. The largest absolute Gasteiger partial charge is 0.496 e. The van der Waals surface area contributed by atoms with E-state index >= 15 is 0 Å². The molecular formula is C21H23N3O3S. The van der Waals surface area contributed by atoms with Gasteiger partial charge < -0.3 is 19.4 Å². The van der Waals surface area contributed by atoms with E-state index in [2.05, 4.69) is 10.3 Å². The minimum absolute atomic E-state index is 0.0469. The van der Waals surface area contributed by atoms with Crippen LogP contribution in [0.15, 0.2) is 45.5 Å². The number of aryl methyl sites for hydroxylation is 1. The van der Waals surface area contributed by atoms with Gasteiger partial charge in [-0.2, -0.15) is 11.3 Å². The zero-order valence-electron chi connectivity index (χ0n) is 16.0. The molecule has 0 saturated carbocycles. The highest BCUT2D eigenvalue weighted by Gasteiger charge is 2.30. The van der Waals surface area contributed by atoms with Gasteiger partial charge in [0.2, 0.25) is 11.8 Å². The Morgan fingerprint density at radius 1 is 1.39 bits per heavy atom. The maximum atomic E-state index is 13.2. The first-order chi connectivity index (χ1) is 13.7. The molecule has 2 aromatic heterocycles. The zero-order valence-corrected chi connectivity index (χ0v) is 16.8. The van der Waals surface area contributed by atoms with Gasteiger partial charge >= 0.3 is 0 Å². The highest BCUT2D eigenvalue weighted by atomic mass is 32.1. The van der Waals surface area contributed by atoms with Crippen LogP contribution in [0.4, 0.5) is 0 Å². The standard InChI is InChI=1S/C21H23N3O3S/c1-14-17(23-21(27-14)15-7-10-28-13-15)11-20(25)24-9-8-22-12-18(24)16-5-3-4-6-19(16)26-2/h3-7,10,13,18,22H,8-9,11-12H2,1-2H3. The van der Waals surface area contributed by atoms with E-state index < -0.39 is 0 Å². The molecule has 1 amide bonds. The van der Waals surface area contributed by atoms with E-state index in [1.165, 1.54) is 0 Å². The van der Waals surface area contributed by atoms with Crippen LogP contribution in [-0.2, 0) is 11.2 Å². The van der Waals surface area contributed by atoms with Crippen molar-refractivity contribution in [3.63, 3.8) is 0 Å². The quantitative estimate of drug-likeness (QED) is 0.714. The molecule has 4 rings (SSSR count). The molecule has 1 aromatic carbocycles. The number of nitrogens with zero attached hydrogens (tertiary/aromatic N) is 2. The number of carbonyl (C=O) groups is 1. The lowest BCUT2D eigenvalue weighted by molar-refractivity contribution is -0.133. The Morgan fingerprint density at radius 2 is 2.25 bits per heavy atom. The fourth-order valence-electron chi connectivity index (χ4n) is 3.57. The van der Waals surface area contributed by atoms with Gasteiger partial charge in [0.25, 0.3) is 0 Å². The van der Waals surface area contributed by atoms with Crippen LogP contribution in [0.1, 0.15) is 23.1 Å². The van der Waals surface area contributed by atoms with Crippen LogP contribution >= 0.6 is 11.3 Å². The molecule has 1 aliphatic heterocycles. The number of hydrogen-bond donors (Lipinski definition) is 1. The number of para-hydroxylation sites is 1. The molecule has 146 valence electrons. The van der Waals surface area contributed by atoms with Crippen LogP contribution in [0.5, 0.6) is 5.75 Å². The molecule has 0 bridgehead atoms. The second-order valence-corrected chi connectivity index (χ2v) is 7.54. The number of carbonyl (C=O) groups excluding carboxylic acids is 1. The van der Waals surface area contributed by atoms with E-state index in [0.717, 1.165) is 23.4 Å². The summed E-state index contributed by atoms with van der Waals surface area (Å²) in [5, 5.41) is 7.36. The minimum atomic E-state index is -0.0686. The predicted molar refractivity (Wildman–Crippen MR) is 109 cm³/mol. The van der Waals surface area contributed by atoms with Crippen molar-refractivity contribution < 1.29 is 13.9 Å². The number of hydrogen-bond acceptors (Lipinski definition) is 6. The van der Waals surface area contributed by atoms with Gasteiger partial charge in [-0.05, 0) is 24.4 Å². The Bertz CT molecular complexity index is 952. The molecular weight excluding hydrogens is 374 g/mol. The summed E-state index contributed by atoms with van der Waals surface area (Å²) >= 11 is 1.59. The Kier molecular flexibility index (Phi) is 5.45. The average Bonchev–Trinajstić information content (AvgIpc) is 3.38. The summed E-state index contributed by atoms with van der Waals surface area (Å²) in [5.74, 6) is 2.11. The van der Waals surface area contributed by atoms with E-state index in [9.17, 15) is 4.79 Å². The summed E-state index contributed by atoms with van der Waals surface area (Å²) in [5.41, 5.74) is 2.66. The van der Waals surface area contributed by atoms with Crippen LogP contribution in [-0.4, -0.2) is 42.5 Å². The highest BCUT2D eigenvalue weighted by Crippen LogP contribution is 2.31. The lowest BCUT2D eigenvalue weighted by atomic mass is 10.0. The third-order valence-corrected chi connectivity index (χ3v) is 5.72. The van der Waals surface area contributed by atoms with Gasteiger partial charge in [-0.15, -0.1) is 0 Å². The van der Waals surface area contributed by atoms with Gasteiger partial charge in [0.05, 0.1) is 25.3 Å². The monoisotopic (exact) mass is 397 g/mol. The zero-order chi connectivity index (χ0) is 19.5. The summed E-state index contributed by atoms with van der Waals surface area (Å²) in [7, 11) is 1.66. The summed E-state index contributed by atoms with van der Waals surface area (Å²) in [4.78, 5) is 19.7. The van der Waals surface area contributed by atoms with E-state index in [4.69, 9.17) is 9.15 Å². The van der Waals surface area contributed by atoms with Crippen LogP contribution in [0.25, 0.3) is 11.5 Å². The third-order valence-electron chi connectivity index (χ3n) is 5.04. The maximum Gasteiger partial charge on any atom is 0.229 e. The summed E-state index contributed by atoms with van der Waals surface area (Å²) in [6.45, 7) is 3.98. The van der Waals surface area contributed by atoms with Crippen LogP contribution in [0.3, 0.4) is 0 Å². The first-order valence-electron chi connectivity index (χ1n) is 9.29. The molecule has 0 aliphatic carbocycles. The molecule has 1 atom stereocenters. The molecule has 1 aliphatic rings. The molecule has 1 N–H and O–H groups in total. The van der Waals surface area contributed by atoms with Crippen molar-refractivity contribution in [1.82, 2.24) is 15.2 Å². The Hall–Kier alpha value is -2.64. The van der Waals surface area contributed by atoms with E-state index in [1.807, 2.05) is 52.9 Å². The van der Waals surface area contributed by atoms with Crippen LogP contribution in [0.2, 0.25) is 0 Å². The summed E-state index contributed by atoms with van der Waals surface area (Å²) < 4.78 is 11.3. The number of ether oxygens (including phenoxy) is 1. The van der Waals surface area contributed by atoms with Gasteiger partial charge in [-0.25, -0.2) is 4.98 Å². The molecule has 1 unspecified atom stereocenters. The summed E-state index contributed by atoms with van der Waals surface area (Å²) in [6, 6.07) is 9.77. The average molecular weight is 398 g/mol. The lowest BCUT2D eigenvalue weighted by Crippen LogP contribution is -2.49. The SMILES string of the molecule is COc1ccccc1C1CNCCN1C(=O)Cc1nc(-c2ccsc2)oc1C. The van der Waals surface area contributed by atoms with Crippen molar-refractivity contribution in [1.29, 1.82) is 0 Å². The molecule has 6 nitrogen and oxygen atoms in total. The molecule has 1 saturated heterocycles. The van der Waals surface area contributed by atoms with Crippen molar-refractivity contribution in [2.75, 3.05) is 26.7 Å². The van der Waals surface area contributed by atoms with Gasteiger partial charge in [-0.1, -0.05) is 18.2 Å². The van der Waals surface area contributed by atoms with Crippen molar-refractivity contribution >= 4 is 17.2 Å². The predicted octanol–water partition coefficient (Wildman–Crippen LogP) is 3.44. The van der Waals surface area contributed by atoms with Crippen LogP contribution in [0, 0.1) is 6.92 Å². The Labute approximate surface area is 168 Å². The normalized spacial score (nSPS) is 16.9. The Morgan fingerprint density at radius 3 is 3.04 bits per heavy atom. The van der Waals surface area contributed by atoms with Crippen LogP contribution < -0.4 is 10.1 Å². The topological polar surface area (TPSA) is 67.6 Å². The van der Waals surface area contributed by atoms with Gasteiger partial charge in [0.1, 0.15) is 11.5 Å². The highest BCUT2D eigenvalue weighted by molar-refractivity contribution is 7.08. The van der Waals surface area contributed by atoms with Crippen molar-refractivity contribution in [3.05, 3.63) is 58.1 Å². The number of benzene rings is 1. The lowest BCUT2D eigenvalue weighted by Gasteiger charge is -2.37. The molecule has 0 spiro atoms. The number of amides is 1. The van der Waals surface area contributed by atoms with Gasteiger partial charge in [0, 0.05) is 36.1 Å². The number of rotatable bonds is 5. The molecule has 3 aromatic rings. The van der Waals surface area contributed by atoms with E-state index in [1.54, 1.807) is 18.4 Å². The smallest absolute Gasteiger partial charge is 0.229 e. The number of piperazine rings is 1. The summed E-state index contributed by atoms with van der Waals surface area (Å²) in [6.07, 6.45) is 0.227. The van der Waals surface area contributed by atoms with Crippen molar-refractivity contribution in [2.45, 2.75) is 19.4 Å². The molecule has 7 heteroatoms. The van der Waals surface area contributed by atoms with E-state index in [0.29, 0.717) is 30.4 Å².